The maximum Gasteiger partial charge on any atom is 0.155 e. The average Bonchev–Trinajstić information content (AvgIpc) is 2.30. The molecule has 0 spiro atoms. The van der Waals surface area contributed by atoms with Crippen molar-refractivity contribution >= 4 is 5.78 Å². The van der Waals surface area contributed by atoms with Gasteiger partial charge in [-0.15, -0.1) is 0 Å². The van der Waals surface area contributed by atoms with Gasteiger partial charge in [0, 0.05) is 6.42 Å². The van der Waals surface area contributed by atoms with Gasteiger partial charge >= 0.3 is 0 Å². The van der Waals surface area contributed by atoms with Crippen LogP contribution in [0.2, 0.25) is 0 Å². The zero-order valence-corrected chi connectivity index (χ0v) is 11.5. The van der Waals surface area contributed by atoms with Crippen molar-refractivity contribution in [2.45, 2.75) is 84.0 Å². The van der Waals surface area contributed by atoms with Crippen LogP contribution in [0.1, 0.15) is 84.0 Å². The fraction of sp³-hybridized carbons (Fsp3) is 0.812. The quantitative estimate of drug-likeness (QED) is 0.565. The number of hydrogen-bond donors (Lipinski definition) is 0. The van der Waals surface area contributed by atoms with Gasteiger partial charge < -0.3 is 0 Å². The lowest BCUT2D eigenvalue weighted by Crippen LogP contribution is -1.94. The van der Waals surface area contributed by atoms with E-state index in [0.29, 0.717) is 5.78 Å². The van der Waals surface area contributed by atoms with Crippen LogP contribution in [0, 0.1) is 0 Å². The molecule has 1 heteroatoms. The van der Waals surface area contributed by atoms with Gasteiger partial charge in [-0.2, -0.15) is 0 Å². The van der Waals surface area contributed by atoms with Gasteiger partial charge in [-0.05, 0) is 32.3 Å². The van der Waals surface area contributed by atoms with Crippen molar-refractivity contribution in [3.05, 3.63) is 11.6 Å². The molecule has 0 saturated carbocycles. The topological polar surface area (TPSA) is 17.1 Å². The van der Waals surface area contributed by atoms with Gasteiger partial charge in [-0.25, -0.2) is 0 Å². The van der Waals surface area contributed by atoms with Gasteiger partial charge in [-0.1, -0.05) is 56.9 Å². The molecule has 1 aliphatic rings. The third-order valence-electron chi connectivity index (χ3n) is 3.65. The van der Waals surface area contributed by atoms with E-state index in [1.165, 1.54) is 63.4 Å². The summed E-state index contributed by atoms with van der Waals surface area (Å²) < 4.78 is 0. The van der Waals surface area contributed by atoms with Crippen molar-refractivity contribution in [2.24, 2.45) is 0 Å². The molecule has 0 aliphatic heterocycles. The Hall–Kier alpha value is -0.590. The third-order valence-corrected chi connectivity index (χ3v) is 3.65. The van der Waals surface area contributed by atoms with Crippen LogP contribution >= 0.6 is 0 Å². The third kappa shape index (κ3) is 8.18. The van der Waals surface area contributed by atoms with Gasteiger partial charge in [0.2, 0.25) is 0 Å². The molecular formula is C16H28O. The summed E-state index contributed by atoms with van der Waals surface area (Å²) in [7, 11) is 0. The Labute approximate surface area is 107 Å². The van der Waals surface area contributed by atoms with E-state index in [2.05, 4.69) is 6.92 Å². The first-order valence-electron chi connectivity index (χ1n) is 7.49. The van der Waals surface area contributed by atoms with Gasteiger partial charge in [-0.3, -0.25) is 4.79 Å². The van der Waals surface area contributed by atoms with Crippen molar-refractivity contribution in [2.75, 3.05) is 0 Å². The molecule has 1 nitrogen and oxygen atoms in total. The Bertz CT molecular complexity index is 240. The van der Waals surface area contributed by atoms with Crippen molar-refractivity contribution < 1.29 is 4.79 Å². The van der Waals surface area contributed by atoms with Gasteiger partial charge in [0.1, 0.15) is 0 Å². The molecule has 1 aliphatic carbocycles. The molecule has 0 N–H and O–H groups in total. The first kappa shape index (κ1) is 14.5. The number of carbonyl (C=O) groups excluding carboxylic acids is 1. The average molecular weight is 236 g/mol. The van der Waals surface area contributed by atoms with Crippen LogP contribution in [-0.4, -0.2) is 5.78 Å². The Morgan fingerprint density at radius 1 is 0.706 bits per heavy atom. The van der Waals surface area contributed by atoms with Gasteiger partial charge in [0.25, 0.3) is 0 Å². The second-order valence-electron chi connectivity index (χ2n) is 5.49. The molecule has 98 valence electrons. The molecule has 1 rings (SSSR count). The van der Waals surface area contributed by atoms with Crippen LogP contribution in [0.4, 0.5) is 0 Å². The van der Waals surface area contributed by atoms with E-state index in [1.807, 2.05) is 6.08 Å². The minimum atomic E-state index is 0.345. The van der Waals surface area contributed by atoms with Crippen molar-refractivity contribution in [1.82, 2.24) is 0 Å². The summed E-state index contributed by atoms with van der Waals surface area (Å²) >= 11 is 0. The van der Waals surface area contributed by atoms with Crippen LogP contribution in [0.15, 0.2) is 11.6 Å². The molecule has 0 radical (unpaired) electrons. The van der Waals surface area contributed by atoms with Crippen LogP contribution in [0.5, 0.6) is 0 Å². The first-order valence-corrected chi connectivity index (χ1v) is 7.49. The molecule has 0 atom stereocenters. The molecule has 0 amide bonds. The van der Waals surface area contributed by atoms with E-state index in [0.717, 1.165) is 19.3 Å². The highest BCUT2D eigenvalue weighted by molar-refractivity contribution is 5.90. The van der Waals surface area contributed by atoms with Crippen molar-refractivity contribution in [1.29, 1.82) is 0 Å². The summed E-state index contributed by atoms with van der Waals surface area (Å²) in [6, 6.07) is 0. The highest BCUT2D eigenvalue weighted by Crippen LogP contribution is 2.15. The predicted molar refractivity (Wildman–Crippen MR) is 74.2 cm³/mol. The lowest BCUT2D eigenvalue weighted by Gasteiger charge is -2.02. The van der Waals surface area contributed by atoms with E-state index in [9.17, 15) is 4.79 Å². The summed E-state index contributed by atoms with van der Waals surface area (Å²) in [5.74, 6) is 0.345. The van der Waals surface area contributed by atoms with Crippen LogP contribution in [0.3, 0.4) is 0 Å². The maximum absolute atomic E-state index is 11.7. The molecule has 0 heterocycles. The van der Waals surface area contributed by atoms with Crippen LogP contribution in [0.25, 0.3) is 0 Å². The van der Waals surface area contributed by atoms with Crippen LogP contribution < -0.4 is 0 Å². The number of carbonyl (C=O) groups is 1. The standard InChI is InChI=1S/C16H28O/c1-15-12-10-8-6-4-2-3-5-7-9-11-13-16(17)14-15/h14H,2-13H2,1H3. The fourth-order valence-electron chi connectivity index (χ4n) is 2.54. The van der Waals surface area contributed by atoms with Crippen molar-refractivity contribution in [3.8, 4) is 0 Å². The van der Waals surface area contributed by atoms with E-state index < -0.39 is 0 Å². The lowest BCUT2D eigenvalue weighted by molar-refractivity contribution is -0.114. The van der Waals surface area contributed by atoms with E-state index in [1.54, 1.807) is 0 Å². The molecule has 0 aromatic rings. The molecule has 0 fully saturated rings. The normalized spacial score (nSPS) is 22.4. The summed E-state index contributed by atoms with van der Waals surface area (Å²) in [5.41, 5.74) is 1.28. The lowest BCUT2D eigenvalue weighted by atomic mass is 10.0. The summed E-state index contributed by atoms with van der Waals surface area (Å²) in [5, 5.41) is 0. The Morgan fingerprint density at radius 2 is 1.12 bits per heavy atom. The summed E-state index contributed by atoms with van der Waals surface area (Å²) in [6.45, 7) is 2.11. The smallest absolute Gasteiger partial charge is 0.155 e. The molecule has 0 aromatic carbocycles. The molecule has 17 heavy (non-hydrogen) atoms. The monoisotopic (exact) mass is 236 g/mol. The van der Waals surface area contributed by atoms with E-state index in [-0.39, 0.29) is 0 Å². The van der Waals surface area contributed by atoms with E-state index >= 15 is 0 Å². The van der Waals surface area contributed by atoms with Crippen molar-refractivity contribution in [3.63, 3.8) is 0 Å². The fourth-order valence-corrected chi connectivity index (χ4v) is 2.54. The first-order chi connectivity index (χ1) is 8.29. The maximum atomic E-state index is 11.7. The van der Waals surface area contributed by atoms with Gasteiger partial charge in [0.15, 0.2) is 5.78 Å². The SMILES string of the molecule is CC1=CC(=O)CCCCCCCCCCCC1. The molecule has 0 unspecified atom stereocenters. The van der Waals surface area contributed by atoms with Gasteiger partial charge in [0.05, 0.1) is 0 Å². The Morgan fingerprint density at radius 3 is 1.65 bits per heavy atom. The molecule has 0 saturated heterocycles. The molecule has 0 bridgehead atoms. The van der Waals surface area contributed by atoms with E-state index in [4.69, 9.17) is 0 Å². The number of hydrogen-bond acceptors (Lipinski definition) is 1. The predicted octanol–water partition coefficient (Wildman–Crippen LogP) is 5.20. The largest absolute Gasteiger partial charge is 0.295 e. The Balaban J connectivity index is 2.33. The second-order valence-corrected chi connectivity index (χ2v) is 5.49. The zero-order chi connectivity index (χ0) is 12.3. The van der Waals surface area contributed by atoms with Crippen LogP contribution in [-0.2, 0) is 4.79 Å². The Kier molecular flexibility index (Phi) is 8.04. The number of ketones is 1. The number of rotatable bonds is 0. The second kappa shape index (κ2) is 9.44. The summed E-state index contributed by atoms with van der Waals surface area (Å²) in [4.78, 5) is 11.7. The minimum Gasteiger partial charge on any atom is -0.295 e. The molecular weight excluding hydrogens is 208 g/mol. The summed E-state index contributed by atoms with van der Waals surface area (Å²) in [6.07, 6.45) is 16.9. The number of allylic oxidation sites excluding steroid dienone is 2. The molecule has 0 aromatic heterocycles. The zero-order valence-electron chi connectivity index (χ0n) is 11.5. The highest BCUT2D eigenvalue weighted by atomic mass is 16.1. The minimum absolute atomic E-state index is 0.345. The highest BCUT2D eigenvalue weighted by Gasteiger charge is 2.01.